The van der Waals surface area contributed by atoms with E-state index in [0.717, 1.165) is 40.1 Å². The van der Waals surface area contributed by atoms with Crippen LogP contribution >= 0.6 is 0 Å². The lowest BCUT2D eigenvalue weighted by molar-refractivity contribution is -0.137. The van der Waals surface area contributed by atoms with Gasteiger partial charge in [-0.2, -0.15) is 13.2 Å². The Labute approximate surface area is 177 Å². The van der Waals surface area contributed by atoms with Crippen molar-refractivity contribution in [3.05, 3.63) is 94.9 Å². The zero-order valence-electron chi connectivity index (χ0n) is 17.0. The second kappa shape index (κ2) is 8.34. The highest BCUT2D eigenvalue weighted by molar-refractivity contribution is 5.78. The molecule has 0 saturated heterocycles. The van der Waals surface area contributed by atoms with Gasteiger partial charge in [-0.05, 0) is 49.7 Å². The first-order chi connectivity index (χ1) is 14.8. The van der Waals surface area contributed by atoms with Gasteiger partial charge in [0.25, 0.3) is 0 Å². The van der Waals surface area contributed by atoms with Gasteiger partial charge in [-0.25, -0.2) is 9.97 Å². The Bertz CT molecular complexity index is 1190. The maximum atomic E-state index is 13.0. The van der Waals surface area contributed by atoms with Gasteiger partial charge in [-0.15, -0.1) is 0 Å². The van der Waals surface area contributed by atoms with E-state index in [1.165, 1.54) is 12.1 Å². The molecule has 2 aromatic carbocycles. The number of hydrogen-bond acceptors (Lipinski definition) is 4. The number of pyridine rings is 1. The minimum Gasteiger partial charge on any atom is -0.455 e. The smallest absolute Gasteiger partial charge is 0.416 e. The topological polar surface area (TPSA) is 47.9 Å². The Morgan fingerprint density at radius 1 is 0.839 bits per heavy atom. The maximum Gasteiger partial charge on any atom is 0.416 e. The van der Waals surface area contributed by atoms with Gasteiger partial charge in [-0.1, -0.05) is 36.4 Å². The van der Waals surface area contributed by atoms with E-state index in [1.54, 1.807) is 0 Å². The van der Waals surface area contributed by atoms with Crippen molar-refractivity contribution < 1.29 is 17.9 Å². The van der Waals surface area contributed by atoms with Gasteiger partial charge in [0, 0.05) is 28.9 Å². The molecule has 4 nitrogen and oxygen atoms in total. The number of aromatic nitrogens is 3. The van der Waals surface area contributed by atoms with E-state index in [0.29, 0.717) is 12.0 Å². The summed E-state index contributed by atoms with van der Waals surface area (Å²) in [5, 5.41) is 1.01. The number of alkyl halides is 3. The lowest BCUT2D eigenvalue weighted by Crippen LogP contribution is -2.15. The van der Waals surface area contributed by atoms with Crippen LogP contribution in [0.1, 0.15) is 34.3 Å². The van der Waals surface area contributed by atoms with E-state index in [2.05, 4.69) is 15.0 Å². The lowest BCUT2D eigenvalue weighted by Gasteiger charge is -2.19. The van der Waals surface area contributed by atoms with Crippen molar-refractivity contribution in [2.45, 2.75) is 32.5 Å². The molecule has 0 spiro atoms. The average Bonchev–Trinajstić information content (AvgIpc) is 2.72. The molecular weight excluding hydrogens is 403 g/mol. The fourth-order valence-electron chi connectivity index (χ4n) is 3.40. The zero-order chi connectivity index (χ0) is 22.0. The highest BCUT2D eigenvalue weighted by atomic mass is 19.4. The molecule has 0 aliphatic carbocycles. The quantitative estimate of drug-likeness (QED) is 0.394. The van der Waals surface area contributed by atoms with Gasteiger partial charge < -0.3 is 4.74 Å². The summed E-state index contributed by atoms with van der Waals surface area (Å²) in [6, 6.07) is 18.6. The van der Waals surface area contributed by atoms with Crippen molar-refractivity contribution in [2.24, 2.45) is 0 Å². The van der Waals surface area contributed by atoms with Crippen LogP contribution in [0.5, 0.6) is 6.01 Å². The van der Waals surface area contributed by atoms with Crippen molar-refractivity contribution in [1.82, 2.24) is 15.0 Å². The van der Waals surface area contributed by atoms with E-state index in [9.17, 15) is 13.2 Å². The average molecular weight is 423 g/mol. The maximum absolute atomic E-state index is 13.0. The third kappa shape index (κ3) is 4.99. The van der Waals surface area contributed by atoms with Gasteiger partial charge in [0.1, 0.15) is 6.10 Å². The molecule has 0 aliphatic rings. The van der Waals surface area contributed by atoms with Crippen LogP contribution in [-0.4, -0.2) is 15.0 Å². The molecular formula is C24H20F3N3O. The fraction of sp³-hybridized carbons (Fsp3) is 0.208. The second-order valence-electron chi connectivity index (χ2n) is 7.36. The summed E-state index contributed by atoms with van der Waals surface area (Å²) in [6.07, 6.45) is -4.64. The molecule has 4 aromatic rings. The number of halogens is 3. The molecule has 31 heavy (non-hydrogen) atoms. The molecule has 0 radical (unpaired) electrons. The molecule has 0 aliphatic heterocycles. The first-order valence-corrected chi connectivity index (χ1v) is 9.79. The highest BCUT2D eigenvalue weighted by Gasteiger charge is 2.30. The normalized spacial score (nSPS) is 12.7. The van der Waals surface area contributed by atoms with Crippen LogP contribution in [0, 0.1) is 13.8 Å². The Balaban J connectivity index is 1.68. The van der Waals surface area contributed by atoms with E-state index >= 15 is 0 Å². The second-order valence-corrected chi connectivity index (χ2v) is 7.36. The standard InChI is InChI=1S/C24H20F3N3O/c1-15-13-16(2)29-23(28-15)31-22(18-7-10-19(11-8-18)24(25,26)27)14-20-12-9-17-5-3-4-6-21(17)30-20/h3-13,22H,14H2,1-2H3. The summed E-state index contributed by atoms with van der Waals surface area (Å²) >= 11 is 0. The molecule has 2 aromatic heterocycles. The van der Waals surface area contributed by atoms with Crippen LogP contribution in [0.2, 0.25) is 0 Å². The van der Waals surface area contributed by atoms with Gasteiger partial charge in [0.2, 0.25) is 0 Å². The molecule has 0 saturated carbocycles. The Morgan fingerprint density at radius 3 is 2.19 bits per heavy atom. The molecule has 0 amide bonds. The number of ether oxygens (including phenoxy) is 1. The van der Waals surface area contributed by atoms with Crippen molar-refractivity contribution in [2.75, 3.05) is 0 Å². The number of nitrogens with zero attached hydrogens (tertiary/aromatic N) is 3. The van der Waals surface area contributed by atoms with Gasteiger partial charge in [0.15, 0.2) is 0 Å². The Hall–Kier alpha value is -3.48. The van der Waals surface area contributed by atoms with Crippen molar-refractivity contribution in [3.8, 4) is 6.01 Å². The van der Waals surface area contributed by atoms with Gasteiger partial charge >= 0.3 is 12.2 Å². The van der Waals surface area contributed by atoms with Crippen LogP contribution < -0.4 is 4.74 Å². The van der Waals surface area contributed by atoms with Crippen LogP contribution in [0.15, 0.2) is 66.7 Å². The predicted molar refractivity (Wildman–Crippen MR) is 112 cm³/mol. The Kier molecular flexibility index (Phi) is 5.59. The van der Waals surface area contributed by atoms with Gasteiger partial charge in [-0.3, -0.25) is 4.98 Å². The molecule has 0 bridgehead atoms. The predicted octanol–water partition coefficient (Wildman–Crippen LogP) is 6.02. The summed E-state index contributed by atoms with van der Waals surface area (Å²) in [5.74, 6) is 0. The van der Waals surface area contributed by atoms with Gasteiger partial charge in [0.05, 0.1) is 11.1 Å². The summed E-state index contributed by atoms with van der Waals surface area (Å²) in [4.78, 5) is 13.3. The van der Waals surface area contributed by atoms with E-state index in [-0.39, 0.29) is 6.01 Å². The minimum absolute atomic E-state index is 0.184. The summed E-state index contributed by atoms with van der Waals surface area (Å²) in [7, 11) is 0. The molecule has 158 valence electrons. The summed E-state index contributed by atoms with van der Waals surface area (Å²) in [6.45, 7) is 3.67. The fourth-order valence-corrected chi connectivity index (χ4v) is 3.40. The van der Waals surface area contributed by atoms with Crippen LogP contribution in [0.25, 0.3) is 10.9 Å². The zero-order valence-corrected chi connectivity index (χ0v) is 17.0. The first-order valence-electron chi connectivity index (χ1n) is 9.79. The van der Waals surface area contributed by atoms with Crippen LogP contribution in [0.4, 0.5) is 13.2 Å². The van der Waals surface area contributed by atoms with Crippen molar-refractivity contribution >= 4 is 10.9 Å². The third-order valence-electron chi connectivity index (χ3n) is 4.87. The number of fused-ring (bicyclic) bond motifs is 1. The van der Waals surface area contributed by atoms with E-state index in [4.69, 9.17) is 4.74 Å². The minimum atomic E-state index is -4.40. The molecule has 1 atom stereocenters. The lowest BCUT2D eigenvalue weighted by atomic mass is 10.0. The third-order valence-corrected chi connectivity index (χ3v) is 4.87. The molecule has 0 N–H and O–H groups in total. The SMILES string of the molecule is Cc1cc(C)nc(OC(Cc2ccc3ccccc3n2)c2ccc(C(F)(F)F)cc2)n1. The Morgan fingerprint density at radius 2 is 1.52 bits per heavy atom. The molecule has 2 heterocycles. The van der Waals surface area contributed by atoms with Crippen LogP contribution in [-0.2, 0) is 12.6 Å². The van der Waals surface area contributed by atoms with Crippen molar-refractivity contribution in [3.63, 3.8) is 0 Å². The largest absolute Gasteiger partial charge is 0.455 e. The van der Waals surface area contributed by atoms with Crippen molar-refractivity contribution in [1.29, 1.82) is 0 Å². The number of rotatable bonds is 5. The first kappa shape index (κ1) is 20.8. The van der Waals surface area contributed by atoms with E-state index < -0.39 is 17.8 Å². The number of para-hydroxylation sites is 1. The monoisotopic (exact) mass is 423 g/mol. The highest BCUT2D eigenvalue weighted by Crippen LogP contribution is 2.31. The number of hydrogen-bond donors (Lipinski definition) is 0. The number of benzene rings is 2. The molecule has 1 unspecified atom stereocenters. The molecule has 0 fully saturated rings. The summed E-state index contributed by atoms with van der Waals surface area (Å²) < 4.78 is 45.0. The summed E-state index contributed by atoms with van der Waals surface area (Å²) in [5.41, 5.74) is 2.98. The van der Waals surface area contributed by atoms with Crippen LogP contribution in [0.3, 0.4) is 0 Å². The molecule has 7 heteroatoms. The number of aryl methyl sites for hydroxylation is 2. The van der Waals surface area contributed by atoms with E-state index in [1.807, 2.05) is 56.3 Å². The molecule has 4 rings (SSSR count).